The van der Waals surface area contributed by atoms with Crippen LogP contribution in [-0.2, 0) is 23.7 Å². The maximum atomic E-state index is 13.6. The van der Waals surface area contributed by atoms with Crippen molar-refractivity contribution in [2.45, 2.75) is 82.1 Å². The number of rotatable bonds is 7. The molecule has 0 amide bonds. The molecule has 2 aromatic heterocycles. The van der Waals surface area contributed by atoms with Crippen LogP contribution in [0.4, 0.5) is 0 Å². The summed E-state index contributed by atoms with van der Waals surface area (Å²) in [6, 6.07) is 15.8. The van der Waals surface area contributed by atoms with Gasteiger partial charge in [0, 0.05) is 36.8 Å². The van der Waals surface area contributed by atoms with Crippen LogP contribution in [0, 0.1) is 11.3 Å². The molecular weight excluding hydrogens is 588 g/mol. The first-order valence-corrected chi connectivity index (χ1v) is 15.5. The SMILES string of the molecule is CC1(C)O[C@]23[C@H](OC(=O)c4cccnc4)[C@H]1C[C@H](OC(=O)C=Cc1ccccc1)[C@]2(C)[C@@H](OC(=O)c1cccnc1)CC[C@]3(C)O. The molecule has 1 saturated heterocycles. The molecule has 2 bridgehead atoms. The molecule has 1 N–H and O–H groups in total. The van der Waals surface area contributed by atoms with Crippen LogP contribution < -0.4 is 0 Å². The lowest BCUT2D eigenvalue weighted by Crippen LogP contribution is -2.79. The molecule has 3 heterocycles. The molecule has 3 aliphatic rings. The first-order valence-electron chi connectivity index (χ1n) is 15.5. The van der Waals surface area contributed by atoms with Crippen molar-refractivity contribution in [1.29, 1.82) is 0 Å². The summed E-state index contributed by atoms with van der Waals surface area (Å²) < 4.78 is 25.7. The van der Waals surface area contributed by atoms with Crippen molar-refractivity contribution in [3.63, 3.8) is 0 Å². The molecule has 10 nitrogen and oxygen atoms in total. The lowest BCUT2D eigenvalue weighted by atomic mass is 9.47. The highest BCUT2D eigenvalue weighted by atomic mass is 16.6. The Balaban J connectivity index is 1.44. The molecule has 1 aromatic carbocycles. The van der Waals surface area contributed by atoms with E-state index in [1.807, 2.05) is 44.2 Å². The van der Waals surface area contributed by atoms with Gasteiger partial charge in [-0.2, -0.15) is 0 Å². The molecule has 2 saturated carbocycles. The van der Waals surface area contributed by atoms with Gasteiger partial charge in [0.15, 0.2) is 0 Å². The number of hydrogen-bond acceptors (Lipinski definition) is 10. The number of carbonyl (C=O) groups excluding carboxylic acids is 3. The van der Waals surface area contributed by atoms with Crippen LogP contribution in [-0.4, -0.2) is 68.1 Å². The van der Waals surface area contributed by atoms with Gasteiger partial charge >= 0.3 is 17.9 Å². The Morgan fingerprint density at radius 2 is 1.48 bits per heavy atom. The minimum absolute atomic E-state index is 0.159. The van der Waals surface area contributed by atoms with E-state index in [9.17, 15) is 19.5 Å². The molecule has 46 heavy (non-hydrogen) atoms. The smallest absolute Gasteiger partial charge is 0.340 e. The van der Waals surface area contributed by atoms with E-state index >= 15 is 0 Å². The Labute approximate surface area is 267 Å². The minimum atomic E-state index is -1.64. The van der Waals surface area contributed by atoms with Gasteiger partial charge in [0.25, 0.3) is 0 Å². The number of pyridine rings is 2. The van der Waals surface area contributed by atoms with E-state index in [2.05, 4.69) is 9.97 Å². The number of aromatic nitrogens is 2. The summed E-state index contributed by atoms with van der Waals surface area (Å²) in [6.45, 7) is 7.19. The predicted molar refractivity (Wildman–Crippen MR) is 166 cm³/mol. The number of hydrogen-bond donors (Lipinski definition) is 1. The fourth-order valence-electron chi connectivity index (χ4n) is 7.85. The summed E-state index contributed by atoms with van der Waals surface area (Å²) in [7, 11) is 0. The number of aliphatic hydroxyl groups is 1. The highest BCUT2D eigenvalue weighted by Crippen LogP contribution is 2.68. The molecule has 0 radical (unpaired) electrons. The van der Waals surface area contributed by atoms with Gasteiger partial charge in [0.05, 0.1) is 27.7 Å². The lowest BCUT2D eigenvalue weighted by Gasteiger charge is -2.64. The molecule has 6 rings (SSSR count). The van der Waals surface area contributed by atoms with Crippen molar-refractivity contribution >= 4 is 24.0 Å². The van der Waals surface area contributed by atoms with Gasteiger partial charge in [-0.1, -0.05) is 30.3 Å². The average molecular weight is 627 g/mol. The maximum absolute atomic E-state index is 13.6. The third-order valence-electron chi connectivity index (χ3n) is 10.1. The third-order valence-corrected chi connectivity index (χ3v) is 10.1. The van der Waals surface area contributed by atoms with E-state index in [0.29, 0.717) is 0 Å². The van der Waals surface area contributed by atoms with Crippen LogP contribution in [0.15, 0.2) is 85.5 Å². The van der Waals surface area contributed by atoms with Gasteiger partial charge in [0.2, 0.25) is 0 Å². The van der Waals surface area contributed by atoms with Gasteiger partial charge in [-0.3, -0.25) is 9.97 Å². The number of fused-ring (bicyclic) bond motifs is 1. The normalized spacial score (nSPS) is 32.7. The molecule has 0 unspecified atom stereocenters. The fraction of sp³-hybridized carbons (Fsp3) is 0.417. The Morgan fingerprint density at radius 1 is 0.848 bits per heavy atom. The Hall–Kier alpha value is -4.41. The van der Waals surface area contributed by atoms with Crippen molar-refractivity contribution in [3.8, 4) is 0 Å². The summed E-state index contributed by atoms with van der Waals surface area (Å²) in [5.41, 5.74) is -4.22. The zero-order chi connectivity index (χ0) is 32.7. The van der Waals surface area contributed by atoms with Crippen molar-refractivity contribution in [2.24, 2.45) is 11.3 Å². The van der Waals surface area contributed by atoms with Crippen molar-refractivity contribution < 1.29 is 38.4 Å². The van der Waals surface area contributed by atoms with Crippen LogP contribution in [0.5, 0.6) is 0 Å². The quantitative estimate of drug-likeness (QED) is 0.218. The molecular formula is C36H38N2O8. The summed E-state index contributed by atoms with van der Waals surface area (Å²) in [6.07, 6.45) is 6.80. The topological polar surface area (TPSA) is 134 Å². The fourth-order valence-corrected chi connectivity index (χ4v) is 7.85. The van der Waals surface area contributed by atoms with Crippen molar-refractivity contribution in [2.75, 3.05) is 0 Å². The third kappa shape index (κ3) is 5.19. The second-order valence-corrected chi connectivity index (χ2v) is 13.3. The number of nitrogens with zero attached hydrogens (tertiary/aromatic N) is 2. The second-order valence-electron chi connectivity index (χ2n) is 13.3. The Morgan fingerprint density at radius 3 is 2.09 bits per heavy atom. The van der Waals surface area contributed by atoms with E-state index in [1.54, 1.807) is 56.6 Å². The summed E-state index contributed by atoms with van der Waals surface area (Å²) in [5.74, 6) is -2.34. The lowest BCUT2D eigenvalue weighted by molar-refractivity contribution is -0.325. The van der Waals surface area contributed by atoms with Crippen LogP contribution in [0.1, 0.15) is 73.2 Å². The van der Waals surface area contributed by atoms with Crippen LogP contribution in [0.3, 0.4) is 0 Å². The highest BCUT2D eigenvalue weighted by molar-refractivity contribution is 5.90. The zero-order valence-corrected chi connectivity index (χ0v) is 26.3. The number of carbonyl (C=O) groups is 3. The summed E-state index contributed by atoms with van der Waals surface area (Å²) in [4.78, 5) is 48.6. The van der Waals surface area contributed by atoms with Crippen LogP contribution >= 0.6 is 0 Å². The van der Waals surface area contributed by atoms with E-state index in [-0.39, 0.29) is 30.4 Å². The van der Waals surface area contributed by atoms with E-state index in [1.165, 1.54) is 18.5 Å². The van der Waals surface area contributed by atoms with Gasteiger partial charge < -0.3 is 24.1 Å². The second kappa shape index (κ2) is 11.7. The van der Waals surface area contributed by atoms with Crippen molar-refractivity contribution in [3.05, 3.63) is 102 Å². The molecule has 2 aliphatic carbocycles. The van der Waals surface area contributed by atoms with Gasteiger partial charge in [0.1, 0.15) is 23.9 Å². The Kier molecular flexibility index (Phi) is 8.06. The van der Waals surface area contributed by atoms with Gasteiger partial charge in [-0.25, -0.2) is 14.4 Å². The molecule has 10 heteroatoms. The van der Waals surface area contributed by atoms with Crippen LogP contribution in [0.2, 0.25) is 0 Å². The standard InChI is InChI=1S/C36H38N2O8/c1-33(2)26-20-28(43-29(39)15-14-23-10-6-5-7-11-23)35(4)27(44-31(40)24-12-8-18-37-21-24)16-17-34(3,42)36(35,46-33)30(26)45-32(41)25-13-9-19-38-22-25/h5-15,18-19,21-22,26-28,30,42H,16-17,20H2,1-4H3/t26-,27+,28+,30-,34+,35+,36+/m1/s1. The van der Waals surface area contributed by atoms with Gasteiger partial charge in [-0.15, -0.1) is 0 Å². The molecule has 3 fully saturated rings. The molecule has 240 valence electrons. The zero-order valence-electron chi connectivity index (χ0n) is 26.3. The maximum Gasteiger partial charge on any atom is 0.340 e. The van der Waals surface area contributed by atoms with E-state index in [4.69, 9.17) is 18.9 Å². The van der Waals surface area contributed by atoms with Crippen molar-refractivity contribution in [1.82, 2.24) is 9.97 Å². The van der Waals surface area contributed by atoms with E-state index in [0.717, 1.165) is 5.56 Å². The molecule has 1 aliphatic heterocycles. The summed E-state index contributed by atoms with van der Waals surface area (Å²) >= 11 is 0. The number of esters is 3. The van der Waals surface area contributed by atoms with Crippen LogP contribution in [0.25, 0.3) is 6.08 Å². The Bertz CT molecular complexity index is 1630. The molecule has 1 spiro atoms. The van der Waals surface area contributed by atoms with Gasteiger partial charge in [-0.05, 0) is 82.9 Å². The molecule has 3 aromatic rings. The molecule has 7 atom stereocenters. The largest absolute Gasteiger partial charge is 0.458 e. The van der Waals surface area contributed by atoms with E-state index < -0.39 is 64.4 Å². The number of ether oxygens (including phenoxy) is 4. The monoisotopic (exact) mass is 626 g/mol. The minimum Gasteiger partial charge on any atom is -0.458 e. The number of benzene rings is 1. The average Bonchev–Trinajstić information content (AvgIpc) is 3.23. The first kappa shape index (κ1) is 31.6. The first-order chi connectivity index (χ1) is 21.9. The summed E-state index contributed by atoms with van der Waals surface area (Å²) in [5, 5.41) is 12.3. The highest BCUT2D eigenvalue weighted by Gasteiger charge is 2.82. The predicted octanol–water partition coefficient (Wildman–Crippen LogP) is 4.97.